The molecule has 0 aromatic heterocycles. The summed E-state index contributed by atoms with van der Waals surface area (Å²) in [5.74, 6) is -16.7. The summed E-state index contributed by atoms with van der Waals surface area (Å²) >= 11 is 0. The highest BCUT2D eigenvalue weighted by molar-refractivity contribution is 5.14. The van der Waals surface area contributed by atoms with E-state index in [9.17, 15) is 35.1 Å². The predicted molar refractivity (Wildman–Crippen MR) is 24.6 cm³/mol. The molecule has 0 radical (unpaired) electrons. The lowest BCUT2D eigenvalue weighted by Crippen LogP contribution is -2.44. The first-order valence-corrected chi connectivity index (χ1v) is 2.98. The third kappa shape index (κ3) is 0.969. The molecular formula is C5H2F8. The van der Waals surface area contributed by atoms with Gasteiger partial charge in [0.15, 0.2) is 0 Å². The molecule has 1 aliphatic carbocycles. The van der Waals surface area contributed by atoms with Gasteiger partial charge in [-0.2, -0.15) is 26.3 Å². The Bertz CT molecular complexity index is 199. The maximum Gasteiger partial charge on any atom is 0.349 e. The third-order valence-corrected chi connectivity index (χ3v) is 1.76. The topological polar surface area (TPSA) is 0 Å². The van der Waals surface area contributed by atoms with Gasteiger partial charge in [0, 0.05) is 0 Å². The molecule has 0 aromatic carbocycles. The number of rotatable bonds is 0. The zero-order valence-corrected chi connectivity index (χ0v) is 5.68. The Kier molecular flexibility index (Phi) is 1.84. The van der Waals surface area contributed by atoms with Crippen molar-refractivity contribution in [2.24, 2.45) is 0 Å². The molecule has 13 heavy (non-hydrogen) atoms. The van der Waals surface area contributed by atoms with E-state index in [1.54, 1.807) is 0 Å². The van der Waals surface area contributed by atoms with E-state index in [-0.39, 0.29) is 0 Å². The Morgan fingerprint density at radius 2 is 0.846 bits per heavy atom. The van der Waals surface area contributed by atoms with Gasteiger partial charge in [-0.25, -0.2) is 8.78 Å². The number of hydrogen-bond acceptors (Lipinski definition) is 0. The summed E-state index contributed by atoms with van der Waals surface area (Å²) in [7, 11) is 0. The molecule has 1 fully saturated rings. The average Bonchev–Trinajstić information content (AvgIpc) is 2.05. The Morgan fingerprint density at radius 3 is 0.923 bits per heavy atom. The maximum absolute atomic E-state index is 12.0. The summed E-state index contributed by atoms with van der Waals surface area (Å²) in [6.07, 6.45) is -8.99. The molecule has 1 aliphatic rings. The molecule has 0 nitrogen and oxygen atoms in total. The van der Waals surface area contributed by atoms with Crippen LogP contribution >= 0.6 is 0 Å². The summed E-state index contributed by atoms with van der Waals surface area (Å²) in [5, 5.41) is 0. The first-order valence-electron chi connectivity index (χ1n) is 2.98. The van der Waals surface area contributed by atoms with Crippen molar-refractivity contribution in [3.8, 4) is 0 Å². The second-order valence-electron chi connectivity index (χ2n) is 2.65. The Balaban J connectivity index is 3.20. The van der Waals surface area contributed by atoms with E-state index in [0.29, 0.717) is 0 Å². The van der Waals surface area contributed by atoms with E-state index in [1.165, 1.54) is 0 Å². The SMILES string of the molecule is FC1C(F)(F)C(F)C(F)(F)C1(F)F. The van der Waals surface area contributed by atoms with Gasteiger partial charge >= 0.3 is 17.8 Å². The van der Waals surface area contributed by atoms with Gasteiger partial charge in [0.25, 0.3) is 0 Å². The summed E-state index contributed by atoms with van der Waals surface area (Å²) in [4.78, 5) is 0. The normalized spacial score (nSPS) is 40.6. The van der Waals surface area contributed by atoms with E-state index >= 15 is 0 Å². The predicted octanol–water partition coefficient (Wildman–Crippen LogP) is 2.58. The molecule has 8 heteroatoms. The van der Waals surface area contributed by atoms with Crippen LogP contribution in [0.25, 0.3) is 0 Å². The fourth-order valence-corrected chi connectivity index (χ4v) is 0.950. The monoisotopic (exact) mass is 214 g/mol. The third-order valence-electron chi connectivity index (χ3n) is 1.76. The van der Waals surface area contributed by atoms with Crippen molar-refractivity contribution < 1.29 is 35.1 Å². The van der Waals surface area contributed by atoms with E-state index in [4.69, 9.17) is 0 Å². The van der Waals surface area contributed by atoms with Crippen LogP contribution in [-0.4, -0.2) is 30.1 Å². The van der Waals surface area contributed by atoms with E-state index < -0.39 is 30.1 Å². The second-order valence-corrected chi connectivity index (χ2v) is 2.65. The highest BCUT2D eigenvalue weighted by Crippen LogP contribution is 2.57. The van der Waals surface area contributed by atoms with Crippen molar-refractivity contribution in [1.29, 1.82) is 0 Å². The molecule has 0 N–H and O–H groups in total. The quantitative estimate of drug-likeness (QED) is 0.543. The van der Waals surface area contributed by atoms with Gasteiger partial charge in [-0.05, 0) is 0 Å². The Labute approximate surface area is 66.5 Å². The summed E-state index contributed by atoms with van der Waals surface area (Å²) in [6.45, 7) is 0. The first kappa shape index (κ1) is 10.5. The number of halogens is 8. The van der Waals surface area contributed by atoms with Crippen molar-refractivity contribution in [3.63, 3.8) is 0 Å². The molecule has 0 amide bonds. The van der Waals surface area contributed by atoms with Gasteiger partial charge in [0.2, 0.25) is 12.3 Å². The van der Waals surface area contributed by atoms with Crippen LogP contribution in [0.1, 0.15) is 0 Å². The molecule has 1 rings (SSSR count). The van der Waals surface area contributed by atoms with Crippen LogP contribution in [0, 0.1) is 0 Å². The summed E-state index contributed by atoms with van der Waals surface area (Å²) in [6, 6.07) is 0. The van der Waals surface area contributed by atoms with Crippen molar-refractivity contribution in [3.05, 3.63) is 0 Å². The van der Waals surface area contributed by atoms with Crippen molar-refractivity contribution in [2.45, 2.75) is 30.1 Å². The highest BCUT2D eigenvalue weighted by atomic mass is 19.3. The Hall–Kier alpha value is -0.560. The lowest BCUT2D eigenvalue weighted by atomic mass is 10.2. The lowest BCUT2D eigenvalue weighted by molar-refractivity contribution is -0.223. The van der Waals surface area contributed by atoms with Crippen LogP contribution in [0.4, 0.5) is 35.1 Å². The molecule has 0 heterocycles. The highest BCUT2D eigenvalue weighted by Gasteiger charge is 2.85. The van der Waals surface area contributed by atoms with Crippen LogP contribution < -0.4 is 0 Å². The standard InChI is InChI=1S/C5H2F8/c6-1-3(8,9)2(7)5(12,13)4(1,10)11/h1-2H. The van der Waals surface area contributed by atoms with E-state index in [0.717, 1.165) is 0 Å². The van der Waals surface area contributed by atoms with Crippen LogP contribution in [-0.2, 0) is 0 Å². The first-order chi connectivity index (χ1) is 5.56. The fourth-order valence-electron chi connectivity index (χ4n) is 0.950. The van der Waals surface area contributed by atoms with Gasteiger partial charge < -0.3 is 0 Å². The van der Waals surface area contributed by atoms with E-state index in [1.807, 2.05) is 0 Å². The van der Waals surface area contributed by atoms with Gasteiger partial charge in [0.05, 0.1) is 0 Å². The lowest BCUT2D eigenvalue weighted by Gasteiger charge is -2.18. The molecule has 0 saturated heterocycles. The molecular weight excluding hydrogens is 212 g/mol. The number of alkyl halides is 8. The zero-order valence-electron chi connectivity index (χ0n) is 5.68. The number of hydrogen-bond donors (Lipinski definition) is 0. The van der Waals surface area contributed by atoms with Crippen molar-refractivity contribution in [2.75, 3.05) is 0 Å². The fraction of sp³-hybridized carbons (Fsp3) is 1.00. The van der Waals surface area contributed by atoms with Crippen LogP contribution in [0.5, 0.6) is 0 Å². The zero-order chi connectivity index (χ0) is 10.7. The minimum Gasteiger partial charge on any atom is -0.234 e. The Morgan fingerprint density at radius 1 is 0.615 bits per heavy atom. The largest absolute Gasteiger partial charge is 0.349 e. The van der Waals surface area contributed by atoms with Crippen LogP contribution in [0.3, 0.4) is 0 Å². The summed E-state index contributed by atoms with van der Waals surface area (Å²) < 4.78 is 96.1. The smallest absolute Gasteiger partial charge is 0.234 e. The van der Waals surface area contributed by atoms with Gasteiger partial charge in [-0.3, -0.25) is 0 Å². The maximum atomic E-state index is 12.0. The molecule has 2 atom stereocenters. The minimum absolute atomic E-state index is 4.50. The molecule has 0 aliphatic heterocycles. The van der Waals surface area contributed by atoms with E-state index in [2.05, 4.69) is 0 Å². The molecule has 78 valence electrons. The molecule has 0 spiro atoms. The van der Waals surface area contributed by atoms with Gasteiger partial charge in [0.1, 0.15) is 0 Å². The van der Waals surface area contributed by atoms with Crippen molar-refractivity contribution in [1.82, 2.24) is 0 Å². The van der Waals surface area contributed by atoms with Gasteiger partial charge in [-0.1, -0.05) is 0 Å². The summed E-state index contributed by atoms with van der Waals surface area (Å²) in [5.41, 5.74) is 0. The minimum atomic E-state index is -5.67. The molecule has 1 saturated carbocycles. The van der Waals surface area contributed by atoms with Crippen LogP contribution in [0.2, 0.25) is 0 Å². The van der Waals surface area contributed by atoms with Crippen LogP contribution in [0.15, 0.2) is 0 Å². The average molecular weight is 214 g/mol. The second kappa shape index (κ2) is 2.27. The van der Waals surface area contributed by atoms with Crippen molar-refractivity contribution >= 4 is 0 Å². The molecule has 2 unspecified atom stereocenters. The van der Waals surface area contributed by atoms with Gasteiger partial charge in [-0.15, -0.1) is 0 Å². The molecule has 0 aromatic rings. The molecule has 0 bridgehead atoms.